The van der Waals surface area contributed by atoms with Crippen molar-refractivity contribution in [3.63, 3.8) is 0 Å². The first kappa shape index (κ1) is 21.9. The van der Waals surface area contributed by atoms with Gasteiger partial charge in [-0.2, -0.15) is 0 Å². The third-order valence-corrected chi connectivity index (χ3v) is 10.4. The van der Waals surface area contributed by atoms with E-state index in [1.165, 1.54) is 75.8 Å². The van der Waals surface area contributed by atoms with Crippen molar-refractivity contribution in [2.24, 2.45) is 0 Å². The van der Waals surface area contributed by atoms with Crippen LogP contribution >= 0.6 is 27.3 Å². The van der Waals surface area contributed by atoms with E-state index in [9.17, 15) is 0 Å². The first-order chi connectivity index (χ1) is 19.3. The lowest BCUT2D eigenvalue weighted by Crippen LogP contribution is -2.29. The number of rotatable bonds is 0. The topological polar surface area (TPSA) is 0 Å². The molecule has 39 heavy (non-hydrogen) atoms. The first-order valence-corrected chi connectivity index (χ1v) is 14.9. The average Bonchev–Trinajstić information content (AvgIpc) is 3.48. The zero-order chi connectivity index (χ0) is 25.7. The fourth-order valence-electron chi connectivity index (χ4n) is 7.37. The van der Waals surface area contributed by atoms with Crippen LogP contribution in [0.5, 0.6) is 0 Å². The van der Waals surface area contributed by atoms with Crippen molar-refractivity contribution in [1.82, 2.24) is 0 Å². The number of halogens is 1. The van der Waals surface area contributed by atoms with Crippen LogP contribution in [-0.4, -0.2) is 0 Å². The lowest BCUT2D eigenvalue weighted by molar-refractivity contribution is 0.782. The molecule has 0 aliphatic heterocycles. The fourth-order valence-corrected chi connectivity index (χ4v) is 8.85. The number of hydrogen-bond donors (Lipinski definition) is 0. The predicted molar refractivity (Wildman–Crippen MR) is 169 cm³/mol. The Balaban J connectivity index is 1.61. The maximum Gasteiger partial charge on any atom is 0.0732 e. The van der Waals surface area contributed by atoms with Crippen molar-refractivity contribution in [2.45, 2.75) is 5.41 Å². The van der Waals surface area contributed by atoms with Gasteiger partial charge in [0.15, 0.2) is 0 Å². The molecular formula is C37H21BrS. The quantitative estimate of drug-likeness (QED) is 0.168. The zero-order valence-electron chi connectivity index (χ0n) is 20.9. The van der Waals surface area contributed by atoms with Gasteiger partial charge in [-0.15, -0.1) is 11.3 Å². The summed E-state index contributed by atoms with van der Waals surface area (Å²) in [7, 11) is 0. The SMILES string of the molecule is Brc1ccc2c(c1)C1(c3ccccc3-c3ccccc3-2)c2ccccc2-c2ccc3sc4ccccc4c3c21. The molecule has 2 aliphatic rings. The highest BCUT2D eigenvalue weighted by atomic mass is 79.9. The van der Waals surface area contributed by atoms with E-state index in [0.29, 0.717) is 0 Å². The third kappa shape index (κ3) is 2.68. The Bertz CT molecular complexity index is 2150. The summed E-state index contributed by atoms with van der Waals surface area (Å²) in [4.78, 5) is 0. The molecule has 1 unspecified atom stereocenters. The van der Waals surface area contributed by atoms with Crippen molar-refractivity contribution in [3.05, 3.63) is 154 Å². The Hall–Kier alpha value is -3.98. The van der Waals surface area contributed by atoms with Crippen molar-refractivity contribution in [2.75, 3.05) is 0 Å². The molecule has 0 radical (unpaired) electrons. The summed E-state index contributed by atoms with van der Waals surface area (Å²) in [6.45, 7) is 0. The Kier molecular flexibility index (Phi) is 4.37. The molecule has 0 amide bonds. The number of hydrogen-bond acceptors (Lipinski definition) is 1. The van der Waals surface area contributed by atoms with Gasteiger partial charge in [-0.05, 0) is 79.9 Å². The van der Waals surface area contributed by atoms with E-state index < -0.39 is 5.41 Å². The Labute approximate surface area is 239 Å². The normalized spacial score (nSPS) is 16.4. The van der Waals surface area contributed by atoms with Crippen LogP contribution in [0.2, 0.25) is 0 Å². The molecule has 182 valence electrons. The Morgan fingerprint density at radius 3 is 1.77 bits per heavy atom. The summed E-state index contributed by atoms with van der Waals surface area (Å²) < 4.78 is 3.79. The van der Waals surface area contributed by atoms with Gasteiger partial charge < -0.3 is 0 Å². The maximum absolute atomic E-state index is 3.89. The Morgan fingerprint density at radius 1 is 0.462 bits per heavy atom. The molecule has 0 nitrogen and oxygen atoms in total. The zero-order valence-corrected chi connectivity index (χ0v) is 23.3. The van der Waals surface area contributed by atoms with Gasteiger partial charge in [0.25, 0.3) is 0 Å². The van der Waals surface area contributed by atoms with E-state index in [-0.39, 0.29) is 0 Å². The molecule has 0 saturated carbocycles. The second kappa shape index (κ2) is 7.79. The largest absolute Gasteiger partial charge is 0.135 e. The number of thiophene rings is 1. The molecule has 2 aliphatic carbocycles. The van der Waals surface area contributed by atoms with Crippen LogP contribution in [0.1, 0.15) is 22.3 Å². The summed E-state index contributed by atoms with van der Waals surface area (Å²) in [6, 6.07) is 47.7. The highest BCUT2D eigenvalue weighted by molar-refractivity contribution is 9.10. The molecule has 1 spiro atoms. The van der Waals surface area contributed by atoms with Crippen molar-refractivity contribution in [3.8, 4) is 33.4 Å². The minimum atomic E-state index is -0.468. The second-order valence-corrected chi connectivity index (χ2v) is 12.5. The number of benzene rings is 6. The van der Waals surface area contributed by atoms with E-state index in [1.54, 1.807) is 0 Å². The van der Waals surface area contributed by atoms with Gasteiger partial charge in [0.1, 0.15) is 0 Å². The standard InChI is InChI=1S/C37H21BrS/c38-22-17-18-27-24-10-2-1-9-23(24)25-11-3-6-14-30(25)37(32(27)21-22)31-15-7-4-12-26(31)28-19-20-34-35(36(28)37)29-13-5-8-16-33(29)39-34/h1-21H. The van der Waals surface area contributed by atoms with Crippen LogP contribution in [0.4, 0.5) is 0 Å². The lowest BCUT2D eigenvalue weighted by Gasteiger charge is -2.36. The minimum Gasteiger partial charge on any atom is -0.135 e. The van der Waals surface area contributed by atoms with E-state index in [1.807, 2.05) is 11.3 Å². The van der Waals surface area contributed by atoms with E-state index in [0.717, 1.165) is 4.47 Å². The summed E-state index contributed by atoms with van der Waals surface area (Å²) in [5, 5.41) is 2.73. The second-order valence-electron chi connectivity index (χ2n) is 10.5. The first-order valence-electron chi connectivity index (χ1n) is 13.3. The van der Waals surface area contributed by atoms with Gasteiger partial charge >= 0.3 is 0 Å². The van der Waals surface area contributed by atoms with Crippen molar-refractivity contribution in [1.29, 1.82) is 0 Å². The van der Waals surface area contributed by atoms with Crippen LogP contribution < -0.4 is 0 Å². The molecule has 0 fully saturated rings. The molecule has 1 heterocycles. The van der Waals surface area contributed by atoms with Crippen LogP contribution in [0.25, 0.3) is 53.6 Å². The molecule has 9 rings (SSSR count). The summed E-state index contributed by atoms with van der Waals surface area (Å²) in [5.41, 5.74) is 12.9. The van der Waals surface area contributed by atoms with Crippen LogP contribution in [-0.2, 0) is 5.41 Å². The highest BCUT2D eigenvalue weighted by Crippen LogP contribution is 2.63. The number of fused-ring (bicyclic) bond motifs is 16. The van der Waals surface area contributed by atoms with Gasteiger partial charge in [0.2, 0.25) is 0 Å². The molecule has 2 heteroatoms. The summed E-state index contributed by atoms with van der Waals surface area (Å²) in [6.07, 6.45) is 0. The van der Waals surface area contributed by atoms with Gasteiger partial charge in [-0.1, -0.05) is 119 Å². The molecule has 1 aromatic heterocycles. The lowest BCUT2D eigenvalue weighted by atomic mass is 9.65. The molecule has 6 aromatic carbocycles. The van der Waals surface area contributed by atoms with Gasteiger partial charge in [0.05, 0.1) is 5.41 Å². The van der Waals surface area contributed by atoms with Crippen LogP contribution in [0, 0.1) is 0 Å². The van der Waals surface area contributed by atoms with Crippen molar-refractivity contribution < 1.29 is 0 Å². The van der Waals surface area contributed by atoms with Crippen molar-refractivity contribution >= 4 is 47.4 Å². The van der Waals surface area contributed by atoms with E-state index >= 15 is 0 Å². The molecule has 0 bridgehead atoms. The van der Waals surface area contributed by atoms with E-state index in [2.05, 4.69) is 143 Å². The smallest absolute Gasteiger partial charge is 0.0732 e. The van der Waals surface area contributed by atoms with Gasteiger partial charge in [-0.3, -0.25) is 0 Å². The third-order valence-electron chi connectivity index (χ3n) is 8.76. The highest BCUT2D eigenvalue weighted by Gasteiger charge is 2.50. The molecule has 1 atom stereocenters. The average molecular weight is 578 g/mol. The summed E-state index contributed by atoms with van der Waals surface area (Å²) >= 11 is 5.79. The maximum atomic E-state index is 3.89. The molecule has 0 saturated heterocycles. The molecule has 7 aromatic rings. The minimum absolute atomic E-state index is 0.468. The van der Waals surface area contributed by atoms with Gasteiger partial charge in [-0.25, -0.2) is 0 Å². The predicted octanol–water partition coefficient (Wildman–Crippen LogP) is 10.8. The fraction of sp³-hybridized carbons (Fsp3) is 0.0270. The Morgan fingerprint density at radius 2 is 1.03 bits per heavy atom. The van der Waals surface area contributed by atoms with E-state index in [4.69, 9.17) is 0 Å². The van der Waals surface area contributed by atoms with Gasteiger partial charge in [0, 0.05) is 24.6 Å². The monoisotopic (exact) mass is 576 g/mol. The van der Waals surface area contributed by atoms with Crippen LogP contribution in [0.3, 0.4) is 0 Å². The molecule has 0 N–H and O–H groups in total. The van der Waals surface area contributed by atoms with Crippen LogP contribution in [0.15, 0.2) is 132 Å². The summed E-state index contributed by atoms with van der Waals surface area (Å²) in [5.74, 6) is 0. The molecular weight excluding hydrogens is 556 g/mol.